The smallest absolute Gasteiger partial charge is 0.264 e. The highest BCUT2D eigenvalue weighted by Crippen LogP contribution is 2.37. The molecule has 0 fully saturated rings. The maximum absolute atomic E-state index is 14.4. The zero-order valence-corrected chi connectivity index (χ0v) is 25.1. The first-order valence-electron chi connectivity index (χ1n) is 12.4. The molecule has 2 heterocycles. The van der Waals surface area contributed by atoms with E-state index >= 15 is 0 Å². The van der Waals surface area contributed by atoms with Crippen LogP contribution < -0.4 is 13.8 Å². The molecule has 0 aliphatic rings. The van der Waals surface area contributed by atoms with Crippen LogP contribution in [0.5, 0.6) is 11.8 Å². The van der Waals surface area contributed by atoms with Gasteiger partial charge in [0, 0.05) is 34.9 Å². The molecule has 1 atom stereocenters. The molecule has 2 aromatic carbocycles. The summed E-state index contributed by atoms with van der Waals surface area (Å²) in [6.45, 7) is 10.4. The van der Waals surface area contributed by atoms with Gasteiger partial charge in [0.25, 0.3) is 10.0 Å². The topological polar surface area (TPSA) is 82.9 Å². The van der Waals surface area contributed by atoms with Crippen LogP contribution in [0.4, 0.5) is 5.69 Å². The van der Waals surface area contributed by atoms with Gasteiger partial charge >= 0.3 is 0 Å². The van der Waals surface area contributed by atoms with E-state index in [0.29, 0.717) is 11.6 Å². The quantitative estimate of drug-likeness (QED) is 0.250. The van der Waals surface area contributed by atoms with Crippen LogP contribution in [0.25, 0.3) is 21.8 Å². The molecule has 0 spiro atoms. The van der Waals surface area contributed by atoms with Gasteiger partial charge in [-0.1, -0.05) is 39.0 Å². The first kappa shape index (κ1) is 27.9. The Morgan fingerprint density at radius 3 is 2.29 bits per heavy atom. The molecule has 0 amide bonds. The number of fused-ring (bicyclic) bond motifs is 3. The predicted octanol–water partition coefficient (Wildman–Crippen LogP) is 5.62. The van der Waals surface area contributed by atoms with Gasteiger partial charge in [-0.25, -0.2) is 8.42 Å². The van der Waals surface area contributed by atoms with E-state index in [9.17, 15) is 8.42 Å². The third-order valence-corrected chi connectivity index (χ3v) is 9.17. The van der Waals surface area contributed by atoms with Gasteiger partial charge in [0.05, 0.1) is 31.8 Å². The van der Waals surface area contributed by atoms with Gasteiger partial charge in [0.15, 0.2) is 0 Å². The Labute approximate surface area is 226 Å². The second kappa shape index (κ2) is 10.6. The van der Waals surface area contributed by atoms with Crippen LogP contribution in [0.15, 0.2) is 59.5 Å². The number of benzene rings is 2. The van der Waals surface area contributed by atoms with Gasteiger partial charge in [-0.3, -0.25) is 4.31 Å². The van der Waals surface area contributed by atoms with Crippen molar-refractivity contribution < 1.29 is 22.3 Å². The number of hydrogen-bond donors (Lipinski definition) is 0. The largest absolute Gasteiger partial charge is 0.481 e. The van der Waals surface area contributed by atoms with Crippen molar-refractivity contribution in [3.05, 3.63) is 54.6 Å². The Kier molecular flexibility index (Phi) is 7.78. The second-order valence-corrected chi connectivity index (χ2v) is 14.5. The Bertz CT molecular complexity index is 1560. The Balaban J connectivity index is 1.92. The van der Waals surface area contributed by atoms with Crippen LogP contribution >= 0.6 is 0 Å². The molecule has 4 aromatic rings. The van der Waals surface area contributed by atoms with Crippen LogP contribution in [0.1, 0.15) is 20.8 Å². The van der Waals surface area contributed by atoms with E-state index in [1.54, 1.807) is 24.3 Å². The van der Waals surface area contributed by atoms with E-state index in [1.165, 1.54) is 18.5 Å². The van der Waals surface area contributed by atoms with Crippen LogP contribution in [-0.4, -0.2) is 53.9 Å². The summed E-state index contributed by atoms with van der Waals surface area (Å²) in [7, 11) is -0.214. The number of ether oxygens (including phenoxy) is 2. The summed E-state index contributed by atoms with van der Waals surface area (Å²) in [5.41, 5.74) is 2.00. The summed E-state index contributed by atoms with van der Waals surface area (Å²) in [5, 5.41) is 1.87. The molecule has 0 bridgehead atoms. The standard InChI is InChI=1S/C28H36N3O5SSi/c1-28(2,3)25(36-38(7)8)18-31(24-15-16-26(34-5)29-27(24)35-6)37(32,33)19-13-14-23-21(17-19)20-11-9-10-12-22(20)30(23)4/h9-17,25H,18H2,1-8H3. The molecule has 10 heteroatoms. The molecular weight excluding hydrogens is 518 g/mol. The maximum atomic E-state index is 14.4. The van der Waals surface area contributed by atoms with Crippen molar-refractivity contribution in [2.45, 2.75) is 44.9 Å². The summed E-state index contributed by atoms with van der Waals surface area (Å²) < 4.78 is 49.5. The number of nitrogens with zero attached hydrogens (tertiary/aromatic N) is 3. The number of rotatable bonds is 9. The van der Waals surface area contributed by atoms with Gasteiger partial charge in [-0.2, -0.15) is 4.98 Å². The number of aromatic nitrogens is 2. The normalized spacial score (nSPS) is 13.3. The van der Waals surface area contributed by atoms with Gasteiger partial charge in [-0.05, 0) is 48.8 Å². The lowest BCUT2D eigenvalue weighted by molar-refractivity contribution is 0.0949. The van der Waals surface area contributed by atoms with Crippen LogP contribution in [0, 0.1) is 5.41 Å². The second-order valence-electron chi connectivity index (χ2n) is 10.6. The SMILES string of the molecule is COc1ccc(N(CC(O[Si](C)C)C(C)(C)C)S(=O)(=O)c2ccc3c(c2)c2ccccc2n3C)c(OC)n1. The fourth-order valence-electron chi connectivity index (χ4n) is 4.55. The molecule has 8 nitrogen and oxygen atoms in total. The van der Waals surface area contributed by atoms with Crippen LogP contribution in [-0.2, 0) is 21.5 Å². The molecule has 1 radical (unpaired) electrons. The van der Waals surface area contributed by atoms with Crippen molar-refractivity contribution in [1.29, 1.82) is 0 Å². The molecule has 1 unspecified atom stereocenters. The van der Waals surface area contributed by atoms with E-state index in [0.717, 1.165) is 21.8 Å². The summed E-state index contributed by atoms with van der Waals surface area (Å²) in [6.07, 6.45) is -0.366. The zero-order valence-electron chi connectivity index (χ0n) is 23.3. The third-order valence-electron chi connectivity index (χ3n) is 6.63. The number of hydrogen-bond acceptors (Lipinski definition) is 6. The fourth-order valence-corrected chi connectivity index (χ4v) is 7.04. The van der Waals surface area contributed by atoms with Crippen molar-refractivity contribution >= 4 is 46.6 Å². The monoisotopic (exact) mass is 554 g/mol. The van der Waals surface area contributed by atoms with Crippen LogP contribution in [0.3, 0.4) is 0 Å². The first-order chi connectivity index (χ1) is 17.9. The minimum Gasteiger partial charge on any atom is -0.481 e. The summed E-state index contributed by atoms with van der Waals surface area (Å²) in [4.78, 5) is 4.56. The lowest BCUT2D eigenvalue weighted by Crippen LogP contribution is -2.45. The van der Waals surface area contributed by atoms with Gasteiger partial charge in [0.2, 0.25) is 20.8 Å². The molecule has 0 aliphatic carbocycles. The number of methoxy groups -OCH3 is 2. The van der Waals surface area contributed by atoms with E-state index < -0.39 is 19.1 Å². The number of para-hydroxylation sites is 1. The average molecular weight is 555 g/mol. The summed E-state index contributed by atoms with van der Waals surface area (Å²) >= 11 is 0. The van der Waals surface area contributed by atoms with Crippen molar-refractivity contribution in [2.75, 3.05) is 25.1 Å². The lowest BCUT2D eigenvalue weighted by Gasteiger charge is -2.37. The van der Waals surface area contributed by atoms with Crippen molar-refractivity contribution in [3.63, 3.8) is 0 Å². The maximum Gasteiger partial charge on any atom is 0.264 e. The summed E-state index contributed by atoms with van der Waals surface area (Å²) in [6, 6.07) is 16.6. The molecule has 0 aliphatic heterocycles. The Hall–Kier alpha value is -3.08. The molecule has 0 saturated heterocycles. The molecule has 4 rings (SSSR count). The minimum absolute atomic E-state index is 0.0968. The zero-order chi connectivity index (χ0) is 27.8. The first-order valence-corrected chi connectivity index (χ1v) is 16.3. The predicted molar refractivity (Wildman–Crippen MR) is 154 cm³/mol. The lowest BCUT2D eigenvalue weighted by atomic mass is 9.89. The number of anilines is 1. The minimum atomic E-state index is -4.05. The van der Waals surface area contributed by atoms with Gasteiger partial charge in [0.1, 0.15) is 5.69 Å². The van der Waals surface area contributed by atoms with Gasteiger partial charge in [-0.15, -0.1) is 0 Å². The molecule has 38 heavy (non-hydrogen) atoms. The van der Waals surface area contributed by atoms with E-state index in [2.05, 4.69) is 30.3 Å². The highest BCUT2D eigenvalue weighted by atomic mass is 32.2. The van der Waals surface area contributed by atoms with E-state index in [1.807, 2.05) is 50.5 Å². The number of sulfonamides is 1. The number of aryl methyl sites for hydroxylation is 1. The van der Waals surface area contributed by atoms with E-state index in [-0.39, 0.29) is 28.8 Å². The molecule has 0 saturated carbocycles. The van der Waals surface area contributed by atoms with Crippen molar-refractivity contribution in [3.8, 4) is 11.8 Å². The van der Waals surface area contributed by atoms with Gasteiger partial charge < -0.3 is 18.5 Å². The molecular formula is C28H36N3O5SSi. The Morgan fingerprint density at radius 2 is 1.66 bits per heavy atom. The Morgan fingerprint density at radius 1 is 0.974 bits per heavy atom. The van der Waals surface area contributed by atoms with Crippen molar-refractivity contribution in [2.24, 2.45) is 12.5 Å². The highest BCUT2D eigenvalue weighted by Gasteiger charge is 2.36. The molecule has 2 aromatic heterocycles. The highest BCUT2D eigenvalue weighted by molar-refractivity contribution is 7.92. The van der Waals surface area contributed by atoms with Crippen LogP contribution in [0.2, 0.25) is 13.1 Å². The third kappa shape index (κ3) is 5.25. The fraction of sp³-hybridized carbons (Fsp3) is 0.393. The molecule has 203 valence electrons. The van der Waals surface area contributed by atoms with E-state index in [4.69, 9.17) is 13.9 Å². The average Bonchev–Trinajstić information content (AvgIpc) is 3.16. The summed E-state index contributed by atoms with van der Waals surface area (Å²) in [5.74, 6) is 0.488. The molecule has 0 N–H and O–H groups in total. The van der Waals surface area contributed by atoms with Crippen molar-refractivity contribution in [1.82, 2.24) is 9.55 Å². The number of pyridine rings is 1.